The quantitative estimate of drug-likeness (QED) is 0.151. The number of fused-ring (bicyclic) bond motifs is 8. The molecule has 3 nitrogen and oxygen atoms in total. The van der Waals surface area contributed by atoms with Crippen LogP contribution in [-0.4, -0.2) is 4.57 Å². The smallest absolute Gasteiger partial charge is 0.0561 e. The minimum atomic E-state index is 1.07. The molecule has 0 aliphatic heterocycles. The van der Waals surface area contributed by atoms with E-state index in [9.17, 15) is 0 Å². The molecule has 0 saturated carbocycles. The van der Waals surface area contributed by atoms with Gasteiger partial charge in [-0.3, -0.25) is 0 Å². The van der Waals surface area contributed by atoms with Gasteiger partial charge in [0.2, 0.25) is 0 Å². The van der Waals surface area contributed by atoms with Crippen LogP contribution in [0, 0.1) is 0 Å². The van der Waals surface area contributed by atoms with E-state index in [1.807, 2.05) is 0 Å². The van der Waals surface area contributed by atoms with E-state index in [-0.39, 0.29) is 0 Å². The van der Waals surface area contributed by atoms with Crippen molar-refractivity contribution in [3.8, 4) is 5.69 Å². The van der Waals surface area contributed by atoms with E-state index in [0.717, 1.165) is 45.3 Å². The van der Waals surface area contributed by atoms with Crippen LogP contribution in [0.15, 0.2) is 224 Å². The molecule has 1 heterocycles. The third-order valence-electron chi connectivity index (χ3n) is 11.3. The van der Waals surface area contributed by atoms with Crippen LogP contribution in [-0.2, 0) is 0 Å². The zero-order valence-corrected chi connectivity index (χ0v) is 31.2. The van der Waals surface area contributed by atoms with Crippen LogP contribution in [0.1, 0.15) is 0 Å². The molecule has 11 aromatic rings. The summed E-state index contributed by atoms with van der Waals surface area (Å²) in [5, 5.41) is 9.81. The Morgan fingerprint density at radius 2 is 0.807 bits per heavy atom. The molecule has 10 aromatic carbocycles. The van der Waals surface area contributed by atoms with Crippen molar-refractivity contribution in [1.82, 2.24) is 4.57 Å². The Morgan fingerprint density at radius 3 is 1.54 bits per heavy atom. The molecule has 0 spiro atoms. The maximum atomic E-state index is 2.48. The molecule has 0 aliphatic rings. The number of hydrogen-bond acceptors (Lipinski definition) is 2. The van der Waals surface area contributed by atoms with E-state index in [4.69, 9.17) is 0 Å². The van der Waals surface area contributed by atoms with Crippen molar-refractivity contribution in [1.29, 1.82) is 0 Å². The molecule has 3 heteroatoms. The second kappa shape index (κ2) is 13.6. The van der Waals surface area contributed by atoms with Crippen molar-refractivity contribution in [2.75, 3.05) is 9.80 Å². The minimum absolute atomic E-state index is 1.07. The van der Waals surface area contributed by atoms with Gasteiger partial charge in [-0.15, -0.1) is 0 Å². The van der Waals surface area contributed by atoms with Crippen molar-refractivity contribution in [3.05, 3.63) is 224 Å². The van der Waals surface area contributed by atoms with Gasteiger partial charge in [0.15, 0.2) is 0 Å². The van der Waals surface area contributed by atoms with Crippen LogP contribution in [0.2, 0.25) is 0 Å². The van der Waals surface area contributed by atoms with Crippen LogP contribution in [0.5, 0.6) is 0 Å². The SMILES string of the molecule is c1ccc(N(c2ccccc2)c2cccc(N(c3ccc4c5ccccc5n(-c5ccccc5)c4c3)c3cc4ccccc4c4ccc5ccccc5c34)c2)cc1. The summed E-state index contributed by atoms with van der Waals surface area (Å²) >= 11 is 0. The largest absolute Gasteiger partial charge is 0.310 e. The average molecular weight is 728 g/mol. The Labute approximate surface area is 331 Å². The first kappa shape index (κ1) is 32.8. The lowest BCUT2D eigenvalue weighted by atomic mass is 9.94. The fraction of sp³-hybridized carbons (Fsp3) is 0. The highest BCUT2D eigenvalue weighted by atomic mass is 15.2. The van der Waals surface area contributed by atoms with Gasteiger partial charge in [0.1, 0.15) is 0 Å². The summed E-state index contributed by atoms with van der Waals surface area (Å²) < 4.78 is 2.41. The second-order valence-corrected chi connectivity index (χ2v) is 14.6. The molecule has 0 aliphatic carbocycles. The van der Waals surface area contributed by atoms with E-state index in [2.05, 4.69) is 239 Å². The van der Waals surface area contributed by atoms with Gasteiger partial charge in [-0.05, 0) is 106 Å². The summed E-state index contributed by atoms with van der Waals surface area (Å²) in [6.45, 7) is 0. The summed E-state index contributed by atoms with van der Waals surface area (Å²) in [5.41, 5.74) is 10.0. The lowest BCUT2D eigenvalue weighted by Gasteiger charge is -2.30. The maximum Gasteiger partial charge on any atom is 0.0561 e. The molecule has 0 fully saturated rings. The number of rotatable bonds is 7. The molecule has 11 rings (SSSR count). The molecular weight excluding hydrogens is 691 g/mol. The predicted molar refractivity (Wildman–Crippen MR) is 243 cm³/mol. The molecule has 268 valence electrons. The van der Waals surface area contributed by atoms with E-state index in [1.54, 1.807) is 0 Å². The van der Waals surface area contributed by atoms with Crippen molar-refractivity contribution in [2.24, 2.45) is 0 Å². The van der Waals surface area contributed by atoms with E-state index >= 15 is 0 Å². The standard InChI is InChI=1S/C54H37N3/c1-4-19-40(20-5-1)55(41-21-6-2-7-22-41)43-25-16-26-44(36-43)56(53-35-39-18-11-12-27-46(39)50-33-31-38-17-10-13-28-47(38)54(50)53)45-32-34-49-48-29-14-15-30-51(48)57(52(49)37-45)42-23-8-3-9-24-42/h1-37H. The highest BCUT2D eigenvalue weighted by Gasteiger charge is 2.23. The normalized spacial score (nSPS) is 11.5. The average Bonchev–Trinajstić information content (AvgIpc) is 3.61. The molecule has 0 radical (unpaired) electrons. The molecule has 0 atom stereocenters. The van der Waals surface area contributed by atoms with Crippen molar-refractivity contribution < 1.29 is 0 Å². The number of para-hydroxylation sites is 4. The third kappa shape index (κ3) is 5.51. The van der Waals surface area contributed by atoms with Crippen LogP contribution < -0.4 is 9.80 Å². The Hall–Kier alpha value is -7.62. The summed E-state index contributed by atoms with van der Waals surface area (Å²) in [6, 6.07) is 81.3. The first-order valence-electron chi connectivity index (χ1n) is 19.5. The minimum Gasteiger partial charge on any atom is -0.310 e. The summed E-state index contributed by atoms with van der Waals surface area (Å²) in [6.07, 6.45) is 0. The van der Waals surface area contributed by atoms with Gasteiger partial charge < -0.3 is 14.4 Å². The highest BCUT2D eigenvalue weighted by Crippen LogP contribution is 2.47. The highest BCUT2D eigenvalue weighted by molar-refractivity contribution is 6.24. The van der Waals surface area contributed by atoms with E-state index < -0.39 is 0 Å². The van der Waals surface area contributed by atoms with Crippen LogP contribution >= 0.6 is 0 Å². The van der Waals surface area contributed by atoms with Crippen LogP contribution in [0.4, 0.5) is 34.1 Å². The molecular formula is C54H37N3. The summed E-state index contributed by atoms with van der Waals surface area (Å²) in [4.78, 5) is 4.82. The van der Waals surface area contributed by atoms with Gasteiger partial charge >= 0.3 is 0 Å². The van der Waals surface area contributed by atoms with Gasteiger partial charge in [0, 0.05) is 50.3 Å². The van der Waals surface area contributed by atoms with Gasteiger partial charge in [-0.25, -0.2) is 0 Å². The molecule has 0 amide bonds. The Kier molecular flexibility index (Phi) is 7.82. The van der Waals surface area contributed by atoms with Crippen molar-refractivity contribution in [3.63, 3.8) is 0 Å². The third-order valence-corrected chi connectivity index (χ3v) is 11.3. The molecule has 0 bridgehead atoms. The number of hydrogen-bond donors (Lipinski definition) is 0. The van der Waals surface area contributed by atoms with Crippen molar-refractivity contribution >= 4 is 88.2 Å². The first-order valence-corrected chi connectivity index (χ1v) is 19.5. The fourth-order valence-electron chi connectivity index (χ4n) is 8.79. The molecule has 0 N–H and O–H groups in total. The number of aromatic nitrogens is 1. The molecule has 1 aromatic heterocycles. The Morgan fingerprint density at radius 1 is 0.281 bits per heavy atom. The molecule has 0 saturated heterocycles. The second-order valence-electron chi connectivity index (χ2n) is 14.6. The van der Waals surface area contributed by atoms with Crippen LogP contribution in [0.3, 0.4) is 0 Å². The van der Waals surface area contributed by atoms with Gasteiger partial charge in [-0.2, -0.15) is 0 Å². The van der Waals surface area contributed by atoms with E-state index in [1.165, 1.54) is 48.6 Å². The van der Waals surface area contributed by atoms with Crippen molar-refractivity contribution in [2.45, 2.75) is 0 Å². The Bertz CT molecular complexity index is 3200. The monoisotopic (exact) mass is 727 g/mol. The molecule has 57 heavy (non-hydrogen) atoms. The first-order chi connectivity index (χ1) is 28.3. The fourth-order valence-corrected chi connectivity index (χ4v) is 8.79. The lowest BCUT2D eigenvalue weighted by Crippen LogP contribution is -2.13. The van der Waals surface area contributed by atoms with Gasteiger partial charge in [-0.1, -0.05) is 146 Å². The molecule has 0 unspecified atom stereocenters. The number of anilines is 6. The summed E-state index contributed by atoms with van der Waals surface area (Å²) in [5.74, 6) is 0. The topological polar surface area (TPSA) is 11.4 Å². The predicted octanol–water partition coefficient (Wildman–Crippen LogP) is 15.2. The van der Waals surface area contributed by atoms with Gasteiger partial charge in [0.25, 0.3) is 0 Å². The number of nitrogens with zero attached hydrogens (tertiary/aromatic N) is 3. The maximum absolute atomic E-state index is 2.48. The van der Waals surface area contributed by atoms with Gasteiger partial charge in [0.05, 0.1) is 16.7 Å². The Balaban J connectivity index is 1.24. The van der Waals surface area contributed by atoms with Crippen LogP contribution in [0.25, 0.3) is 59.8 Å². The zero-order chi connectivity index (χ0) is 37.7. The lowest BCUT2D eigenvalue weighted by molar-refractivity contribution is 1.18. The zero-order valence-electron chi connectivity index (χ0n) is 31.2. The number of benzene rings is 10. The summed E-state index contributed by atoms with van der Waals surface area (Å²) in [7, 11) is 0. The van der Waals surface area contributed by atoms with E-state index in [0.29, 0.717) is 0 Å².